The largest absolute Gasteiger partial charge is 0.481 e. The molecule has 6 nitrogen and oxygen atoms in total. The quantitative estimate of drug-likeness (QED) is 0.817. The van der Waals surface area contributed by atoms with Crippen LogP contribution in [0.25, 0.3) is 0 Å². The first-order valence-electron chi connectivity index (χ1n) is 5.97. The zero-order valence-corrected chi connectivity index (χ0v) is 12.0. The van der Waals surface area contributed by atoms with Gasteiger partial charge in [0.1, 0.15) is 0 Å². The lowest BCUT2D eigenvalue weighted by atomic mass is 10.1. The lowest BCUT2D eigenvalue weighted by Crippen LogP contribution is -2.40. The van der Waals surface area contributed by atoms with Gasteiger partial charge in [0.2, 0.25) is 10.0 Å². The number of carbonyl (C=O) groups is 1. The van der Waals surface area contributed by atoms with Gasteiger partial charge in [0.25, 0.3) is 0 Å². The Morgan fingerprint density at radius 2 is 2.00 bits per heavy atom. The second-order valence-electron chi connectivity index (χ2n) is 4.56. The van der Waals surface area contributed by atoms with Crippen LogP contribution in [-0.4, -0.2) is 25.5 Å². The number of nitriles is 1. The molecule has 0 saturated carbocycles. The molecule has 1 aromatic carbocycles. The maximum Gasteiger partial charge on any atom is 0.307 e. The maximum atomic E-state index is 12.0. The Hall–Kier alpha value is -1.91. The number of carboxylic acid groups (broad SMARTS) is 1. The van der Waals surface area contributed by atoms with Crippen LogP contribution in [0, 0.1) is 17.2 Å². The third-order valence-corrected chi connectivity index (χ3v) is 4.41. The van der Waals surface area contributed by atoms with E-state index in [0.29, 0.717) is 5.56 Å². The molecule has 0 saturated heterocycles. The summed E-state index contributed by atoms with van der Waals surface area (Å²) < 4.78 is 26.3. The van der Waals surface area contributed by atoms with Crippen LogP contribution in [0.2, 0.25) is 0 Å². The minimum atomic E-state index is -3.71. The Balaban J connectivity index is 2.86. The molecule has 20 heavy (non-hydrogen) atoms. The minimum Gasteiger partial charge on any atom is -0.481 e. The predicted octanol–water partition coefficient (Wildman–Crippen LogP) is 1.09. The minimum absolute atomic E-state index is 0.289. The molecule has 1 rings (SSSR count). The fourth-order valence-corrected chi connectivity index (χ4v) is 3.12. The molecular weight excluding hydrogens is 280 g/mol. The highest BCUT2D eigenvalue weighted by Crippen LogP contribution is 2.12. The average Bonchev–Trinajstić information content (AvgIpc) is 2.37. The van der Waals surface area contributed by atoms with Gasteiger partial charge in [-0.15, -0.1) is 0 Å². The van der Waals surface area contributed by atoms with E-state index in [1.165, 1.54) is 19.9 Å². The SMILES string of the molecule is CC(NS(=O)(=O)Cc1ccccc1C#N)C(C)C(=O)O. The predicted molar refractivity (Wildman–Crippen MR) is 73.2 cm³/mol. The second kappa shape index (κ2) is 6.50. The third-order valence-electron chi connectivity index (χ3n) is 2.99. The highest BCUT2D eigenvalue weighted by molar-refractivity contribution is 7.88. The van der Waals surface area contributed by atoms with Crippen molar-refractivity contribution in [2.24, 2.45) is 5.92 Å². The van der Waals surface area contributed by atoms with E-state index in [1.54, 1.807) is 18.2 Å². The average molecular weight is 296 g/mol. The molecule has 0 aliphatic heterocycles. The Kier molecular flexibility index (Phi) is 5.25. The van der Waals surface area contributed by atoms with E-state index >= 15 is 0 Å². The molecule has 2 atom stereocenters. The first-order chi connectivity index (χ1) is 9.26. The van der Waals surface area contributed by atoms with Gasteiger partial charge in [0.05, 0.1) is 23.3 Å². The van der Waals surface area contributed by atoms with Crippen molar-refractivity contribution in [2.75, 3.05) is 0 Å². The molecule has 0 spiro atoms. The summed E-state index contributed by atoms with van der Waals surface area (Å²) in [6.07, 6.45) is 0. The summed E-state index contributed by atoms with van der Waals surface area (Å²) >= 11 is 0. The molecule has 0 heterocycles. The van der Waals surface area contributed by atoms with Gasteiger partial charge < -0.3 is 5.11 Å². The first-order valence-corrected chi connectivity index (χ1v) is 7.63. The van der Waals surface area contributed by atoms with Crippen molar-refractivity contribution < 1.29 is 18.3 Å². The number of nitrogens with zero attached hydrogens (tertiary/aromatic N) is 1. The van der Waals surface area contributed by atoms with Crippen molar-refractivity contribution in [1.29, 1.82) is 5.26 Å². The summed E-state index contributed by atoms with van der Waals surface area (Å²) in [5.74, 6) is -2.26. The van der Waals surface area contributed by atoms with Crippen molar-refractivity contribution in [3.05, 3.63) is 35.4 Å². The lowest BCUT2D eigenvalue weighted by molar-refractivity contribution is -0.141. The van der Waals surface area contributed by atoms with E-state index in [1.807, 2.05) is 6.07 Å². The topological polar surface area (TPSA) is 107 Å². The van der Waals surface area contributed by atoms with Gasteiger partial charge in [-0.2, -0.15) is 5.26 Å². The van der Waals surface area contributed by atoms with Gasteiger partial charge in [-0.3, -0.25) is 4.79 Å². The van der Waals surface area contributed by atoms with Gasteiger partial charge in [-0.1, -0.05) is 25.1 Å². The molecule has 2 N–H and O–H groups in total. The Morgan fingerprint density at radius 1 is 1.40 bits per heavy atom. The number of aliphatic carboxylic acids is 1. The number of sulfonamides is 1. The number of hydrogen-bond donors (Lipinski definition) is 2. The van der Waals surface area contributed by atoms with Crippen LogP contribution < -0.4 is 4.72 Å². The van der Waals surface area contributed by atoms with Gasteiger partial charge in [-0.25, -0.2) is 13.1 Å². The van der Waals surface area contributed by atoms with E-state index in [4.69, 9.17) is 10.4 Å². The lowest BCUT2D eigenvalue weighted by Gasteiger charge is -2.18. The van der Waals surface area contributed by atoms with E-state index < -0.39 is 28.0 Å². The molecule has 0 radical (unpaired) electrons. The summed E-state index contributed by atoms with van der Waals surface area (Å²) in [6, 6.07) is 7.59. The van der Waals surface area contributed by atoms with Crippen molar-refractivity contribution in [1.82, 2.24) is 4.72 Å². The van der Waals surface area contributed by atoms with Crippen LogP contribution in [0.3, 0.4) is 0 Å². The summed E-state index contributed by atoms with van der Waals surface area (Å²) in [5, 5.41) is 17.8. The van der Waals surface area contributed by atoms with Crippen LogP contribution >= 0.6 is 0 Å². The van der Waals surface area contributed by atoms with Crippen LogP contribution in [0.4, 0.5) is 0 Å². The Labute approximate surface area is 118 Å². The molecule has 0 fully saturated rings. The van der Waals surface area contributed by atoms with E-state index in [-0.39, 0.29) is 11.3 Å². The highest BCUT2D eigenvalue weighted by atomic mass is 32.2. The number of hydrogen-bond acceptors (Lipinski definition) is 4. The number of carboxylic acids is 1. The van der Waals surface area contributed by atoms with Gasteiger partial charge >= 0.3 is 5.97 Å². The molecule has 0 bridgehead atoms. The zero-order valence-electron chi connectivity index (χ0n) is 11.2. The summed E-state index contributed by atoms with van der Waals surface area (Å²) in [7, 11) is -3.71. The van der Waals surface area contributed by atoms with E-state index in [9.17, 15) is 13.2 Å². The van der Waals surface area contributed by atoms with Crippen LogP contribution in [-0.2, 0) is 20.6 Å². The smallest absolute Gasteiger partial charge is 0.307 e. The normalized spacial score (nSPS) is 14.2. The standard InChI is InChI=1S/C13H16N2O4S/c1-9(13(16)17)10(2)15-20(18,19)8-12-6-4-3-5-11(12)7-14/h3-6,9-10,15H,8H2,1-2H3,(H,16,17). The number of nitrogens with one attached hydrogen (secondary N) is 1. The second-order valence-corrected chi connectivity index (χ2v) is 6.32. The molecule has 0 aromatic heterocycles. The molecule has 0 aliphatic carbocycles. The molecule has 2 unspecified atom stereocenters. The van der Waals surface area contributed by atoms with Crippen molar-refractivity contribution in [3.63, 3.8) is 0 Å². The summed E-state index contributed by atoms with van der Waals surface area (Å²) in [6.45, 7) is 2.92. The molecule has 1 aromatic rings. The molecule has 7 heteroatoms. The first kappa shape index (κ1) is 16.1. The fraction of sp³-hybridized carbons (Fsp3) is 0.385. The molecule has 0 amide bonds. The van der Waals surface area contributed by atoms with Crippen molar-refractivity contribution in [3.8, 4) is 6.07 Å². The summed E-state index contributed by atoms with van der Waals surface area (Å²) in [4.78, 5) is 10.8. The Bertz CT molecular complexity index is 634. The van der Waals surface area contributed by atoms with Crippen LogP contribution in [0.15, 0.2) is 24.3 Å². The van der Waals surface area contributed by atoms with E-state index in [0.717, 1.165) is 0 Å². The fourth-order valence-electron chi connectivity index (χ4n) is 1.60. The van der Waals surface area contributed by atoms with Crippen molar-refractivity contribution >= 4 is 16.0 Å². The third kappa shape index (κ3) is 4.33. The van der Waals surface area contributed by atoms with Crippen molar-refractivity contribution in [2.45, 2.75) is 25.6 Å². The maximum absolute atomic E-state index is 12.0. The van der Waals surface area contributed by atoms with Gasteiger partial charge in [-0.05, 0) is 18.6 Å². The zero-order chi connectivity index (χ0) is 15.3. The van der Waals surface area contributed by atoms with E-state index in [2.05, 4.69) is 4.72 Å². The van der Waals surface area contributed by atoms with Gasteiger partial charge in [0, 0.05) is 6.04 Å². The molecule has 108 valence electrons. The number of rotatable bonds is 6. The van der Waals surface area contributed by atoms with Crippen LogP contribution in [0.5, 0.6) is 0 Å². The Morgan fingerprint density at radius 3 is 2.55 bits per heavy atom. The molecule has 0 aliphatic rings. The molecular formula is C13H16N2O4S. The van der Waals surface area contributed by atoms with Crippen LogP contribution in [0.1, 0.15) is 25.0 Å². The number of benzene rings is 1. The highest BCUT2D eigenvalue weighted by Gasteiger charge is 2.24. The summed E-state index contributed by atoms with van der Waals surface area (Å²) in [5.41, 5.74) is 0.675. The monoisotopic (exact) mass is 296 g/mol. The van der Waals surface area contributed by atoms with Gasteiger partial charge in [0.15, 0.2) is 0 Å².